The first-order valence-electron chi connectivity index (χ1n) is 6.73. The highest BCUT2D eigenvalue weighted by atomic mass is 35.5. The van der Waals surface area contributed by atoms with E-state index in [1.54, 1.807) is 18.2 Å². The van der Waals surface area contributed by atoms with Gasteiger partial charge in [0.1, 0.15) is 0 Å². The van der Waals surface area contributed by atoms with Crippen molar-refractivity contribution in [2.45, 2.75) is 12.8 Å². The van der Waals surface area contributed by atoms with Gasteiger partial charge in [-0.15, -0.1) is 0 Å². The van der Waals surface area contributed by atoms with Crippen LogP contribution >= 0.6 is 23.2 Å². The van der Waals surface area contributed by atoms with Gasteiger partial charge in [0.25, 0.3) is 0 Å². The summed E-state index contributed by atoms with van der Waals surface area (Å²) in [5.41, 5.74) is 5.51. The van der Waals surface area contributed by atoms with E-state index in [0.717, 1.165) is 0 Å². The van der Waals surface area contributed by atoms with E-state index in [9.17, 15) is 14.4 Å². The lowest BCUT2D eigenvalue weighted by atomic mass is 9.96. The highest BCUT2D eigenvalue weighted by Crippen LogP contribution is 2.29. The van der Waals surface area contributed by atoms with Crippen LogP contribution in [0.2, 0.25) is 10.0 Å². The molecule has 1 aliphatic heterocycles. The van der Waals surface area contributed by atoms with Crippen molar-refractivity contribution in [3.63, 3.8) is 0 Å². The molecule has 0 saturated carbocycles. The maximum absolute atomic E-state index is 12.1. The minimum atomic E-state index is -0.790. The molecule has 8 heteroatoms. The van der Waals surface area contributed by atoms with Crippen molar-refractivity contribution in [3.05, 3.63) is 28.2 Å². The van der Waals surface area contributed by atoms with Gasteiger partial charge in [0.15, 0.2) is 0 Å². The lowest BCUT2D eigenvalue weighted by molar-refractivity contribution is -0.144. The van der Waals surface area contributed by atoms with Gasteiger partial charge in [0, 0.05) is 19.0 Å². The van der Waals surface area contributed by atoms with E-state index in [4.69, 9.17) is 28.9 Å². The minimum absolute atomic E-state index is 0.178. The first-order valence-corrected chi connectivity index (χ1v) is 7.49. The molecule has 1 fully saturated rings. The summed E-state index contributed by atoms with van der Waals surface area (Å²) in [6.45, 7) is 0.645. The van der Waals surface area contributed by atoms with Crippen molar-refractivity contribution in [1.29, 1.82) is 0 Å². The zero-order valence-corrected chi connectivity index (χ0v) is 13.2. The van der Waals surface area contributed by atoms with Gasteiger partial charge in [-0.25, -0.2) is 0 Å². The van der Waals surface area contributed by atoms with Crippen molar-refractivity contribution in [3.8, 4) is 0 Å². The standard InChI is InChI=1S/C14H15Cl2N3O3/c15-9-2-1-3-10(11(9)16)18-13(21)14(22)19-6-4-8(5-7-19)12(17)20/h1-3,8H,4-7H2,(H2,17,20)(H,18,21). The van der Waals surface area contributed by atoms with Crippen LogP contribution in [0.15, 0.2) is 18.2 Å². The van der Waals surface area contributed by atoms with E-state index in [2.05, 4.69) is 5.32 Å². The molecule has 6 nitrogen and oxygen atoms in total. The fourth-order valence-electron chi connectivity index (χ4n) is 2.29. The molecule has 0 atom stereocenters. The second kappa shape index (κ2) is 6.98. The van der Waals surface area contributed by atoms with Gasteiger partial charge in [-0.05, 0) is 25.0 Å². The number of piperidine rings is 1. The molecule has 0 bridgehead atoms. The summed E-state index contributed by atoms with van der Waals surface area (Å²) in [5.74, 6) is -2.07. The number of likely N-dealkylation sites (tertiary alicyclic amines) is 1. The summed E-state index contributed by atoms with van der Waals surface area (Å²) in [4.78, 5) is 36.6. The molecule has 1 saturated heterocycles. The summed E-state index contributed by atoms with van der Waals surface area (Å²) in [6, 6.07) is 4.75. The number of rotatable bonds is 2. The third kappa shape index (κ3) is 3.69. The molecule has 118 valence electrons. The number of hydrogen-bond acceptors (Lipinski definition) is 3. The summed E-state index contributed by atoms with van der Waals surface area (Å²) in [6.07, 6.45) is 0.929. The topological polar surface area (TPSA) is 92.5 Å². The Morgan fingerprint density at radius 2 is 1.82 bits per heavy atom. The van der Waals surface area contributed by atoms with Gasteiger partial charge < -0.3 is 16.0 Å². The number of nitrogens with zero attached hydrogens (tertiary/aromatic N) is 1. The predicted octanol–water partition coefficient (Wildman–Crippen LogP) is 1.66. The Hall–Kier alpha value is -1.79. The molecule has 3 N–H and O–H groups in total. The Kier molecular flexibility index (Phi) is 5.26. The minimum Gasteiger partial charge on any atom is -0.369 e. The molecule has 0 aromatic heterocycles. The van der Waals surface area contributed by atoms with Gasteiger partial charge >= 0.3 is 11.8 Å². The lowest BCUT2D eigenvalue weighted by Gasteiger charge is -2.30. The fraction of sp³-hybridized carbons (Fsp3) is 0.357. The number of carbonyl (C=O) groups excluding carboxylic acids is 3. The normalized spacial score (nSPS) is 15.5. The molecule has 0 spiro atoms. The van der Waals surface area contributed by atoms with Crippen LogP contribution in [0.25, 0.3) is 0 Å². The van der Waals surface area contributed by atoms with Gasteiger partial charge in [0.05, 0.1) is 15.7 Å². The Balaban J connectivity index is 1.97. The van der Waals surface area contributed by atoms with E-state index >= 15 is 0 Å². The Morgan fingerprint density at radius 1 is 1.18 bits per heavy atom. The van der Waals surface area contributed by atoms with Gasteiger partial charge in [-0.3, -0.25) is 14.4 Å². The van der Waals surface area contributed by atoms with E-state index < -0.39 is 11.8 Å². The molecule has 2 rings (SSSR count). The van der Waals surface area contributed by atoms with Gasteiger partial charge in [-0.2, -0.15) is 0 Å². The first kappa shape index (κ1) is 16.6. The van der Waals surface area contributed by atoms with Crippen molar-refractivity contribution in [2.75, 3.05) is 18.4 Å². The molecule has 0 unspecified atom stereocenters. The van der Waals surface area contributed by atoms with Crippen LogP contribution in [0, 0.1) is 5.92 Å². The lowest BCUT2D eigenvalue weighted by Crippen LogP contribution is -2.46. The van der Waals surface area contributed by atoms with E-state index in [0.29, 0.717) is 25.9 Å². The number of primary amides is 1. The van der Waals surface area contributed by atoms with Crippen LogP contribution in [0.1, 0.15) is 12.8 Å². The molecule has 1 heterocycles. The van der Waals surface area contributed by atoms with Gasteiger partial charge in [-0.1, -0.05) is 29.3 Å². The molecule has 0 aliphatic carbocycles. The zero-order chi connectivity index (χ0) is 16.3. The number of nitrogens with two attached hydrogens (primary N) is 1. The summed E-state index contributed by atoms with van der Waals surface area (Å²) in [5, 5.41) is 2.91. The molecule has 3 amide bonds. The maximum atomic E-state index is 12.1. The summed E-state index contributed by atoms with van der Waals surface area (Å²) >= 11 is 11.8. The average Bonchev–Trinajstić information content (AvgIpc) is 2.51. The summed E-state index contributed by atoms with van der Waals surface area (Å²) in [7, 11) is 0. The van der Waals surface area contributed by atoms with E-state index in [1.165, 1.54) is 4.90 Å². The van der Waals surface area contributed by atoms with E-state index in [-0.39, 0.29) is 27.6 Å². The summed E-state index contributed by atoms with van der Waals surface area (Å²) < 4.78 is 0. The second-order valence-electron chi connectivity index (χ2n) is 5.02. The number of carbonyl (C=O) groups is 3. The highest BCUT2D eigenvalue weighted by molar-refractivity contribution is 6.45. The number of amides is 3. The first-order chi connectivity index (χ1) is 10.4. The third-order valence-electron chi connectivity index (χ3n) is 3.58. The van der Waals surface area contributed by atoms with Crippen molar-refractivity contribution >= 4 is 46.6 Å². The number of benzene rings is 1. The Bertz CT molecular complexity index is 613. The molecule has 1 aliphatic rings. The smallest absolute Gasteiger partial charge is 0.313 e. The number of nitrogens with one attached hydrogen (secondary N) is 1. The SMILES string of the molecule is NC(=O)C1CCN(C(=O)C(=O)Nc2cccc(Cl)c2Cl)CC1. The largest absolute Gasteiger partial charge is 0.369 e. The quantitative estimate of drug-likeness (QED) is 0.799. The van der Waals surface area contributed by atoms with Crippen LogP contribution < -0.4 is 11.1 Å². The average molecular weight is 344 g/mol. The fourth-order valence-corrected chi connectivity index (χ4v) is 2.63. The van der Waals surface area contributed by atoms with Crippen LogP contribution in [0.5, 0.6) is 0 Å². The van der Waals surface area contributed by atoms with Crippen molar-refractivity contribution in [1.82, 2.24) is 4.90 Å². The van der Waals surface area contributed by atoms with Crippen LogP contribution in [-0.2, 0) is 14.4 Å². The van der Waals surface area contributed by atoms with E-state index in [1.807, 2.05) is 0 Å². The molecular formula is C14H15Cl2N3O3. The zero-order valence-electron chi connectivity index (χ0n) is 11.6. The van der Waals surface area contributed by atoms with Gasteiger partial charge in [0.2, 0.25) is 5.91 Å². The molecular weight excluding hydrogens is 329 g/mol. The molecule has 22 heavy (non-hydrogen) atoms. The monoisotopic (exact) mass is 343 g/mol. The van der Waals surface area contributed by atoms with Crippen LogP contribution in [0.3, 0.4) is 0 Å². The molecule has 1 aromatic rings. The number of hydrogen-bond donors (Lipinski definition) is 2. The van der Waals surface area contributed by atoms with Crippen molar-refractivity contribution in [2.24, 2.45) is 11.7 Å². The maximum Gasteiger partial charge on any atom is 0.313 e. The Morgan fingerprint density at radius 3 is 2.41 bits per heavy atom. The Labute approximate surface area is 137 Å². The number of anilines is 1. The second-order valence-corrected chi connectivity index (χ2v) is 5.81. The molecule has 1 aromatic carbocycles. The third-order valence-corrected chi connectivity index (χ3v) is 4.40. The van der Waals surface area contributed by atoms with Crippen LogP contribution in [-0.4, -0.2) is 35.7 Å². The van der Waals surface area contributed by atoms with Crippen molar-refractivity contribution < 1.29 is 14.4 Å². The number of halogens is 2. The predicted molar refractivity (Wildman–Crippen MR) is 83.6 cm³/mol. The highest BCUT2D eigenvalue weighted by Gasteiger charge is 2.29. The molecule has 0 radical (unpaired) electrons. The van der Waals surface area contributed by atoms with Crippen LogP contribution in [0.4, 0.5) is 5.69 Å².